The number of oxazole rings is 1. The Morgan fingerprint density at radius 2 is 1.88 bits per heavy atom. The molecule has 0 bridgehead atoms. The molecule has 0 aliphatic heterocycles. The first-order valence-electron chi connectivity index (χ1n) is 12.8. The number of nitrogens with one attached hydrogen (secondary N) is 3. The van der Waals surface area contributed by atoms with Crippen molar-refractivity contribution in [1.29, 1.82) is 0 Å². The summed E-state index contributed by atoms with van der Waals surface area (Å²) in [6.07, 6.45) is 1.58. The highest BCUT2D eigenvalue weighted by molar-refractivity contribution is 6.32. The van der Waals surface area contributed by atoms with Crippen molar-refractivity contribution in [2.75, 3.05) is 30.8 Å². The number of anilines is 3. The van der Waals surface area contributed by atoms with Gasteiger partial charge in [-0.25, -0.2) is 23.7 Å². The number of aryl methyl sites for hydroxylation is 1. The van der Waals surface area contributed by atoms with Crippen LogP contribution < -0.4 is 20.7 Å². The zero-order valence-electron chi connectivity index (χ0n) is 22.5. The number of ether oxygens (including phenoxy) is 1. The molecule has 2 heterocycles. The third-order valence-corrected chi connectivity index (χ3v) is 6.28. The van der Waals surface area contributed by atoms with Crippen molar-refractivity contribution in [2.45, 2.75) is 6.92 Å². The van der Waals surface area contributed by atoms with Crippen molar-refractivity contribution >= 4 is 34.8 Å². The molecule has 0 atom stereocenters. The smallest absolute Gasteiger partial charge is 0.258 e. The molecule has 0 spiro atoms. The summed E-state index contributed by atoms with van der Waals surface area (Å²) < 4.78 is 39.2. The fourth-order valence-electron chi connectivity index (χ4n) is 4.04. The van der Waals surface area contributed by atoms with Gasteiger partial charge in [0.15, 0.2) is 11.7 Å². The van der Waals surface area contributed by atoms with E-state index in [1.54, 1.807) is 61.7 Å². The summed E-state index contributed by atoms with van der Waals surface area (Å²) in [5.74, 6) is -0.701. The largest absolute Gasteiger partial charge is 0.491 e. The SMILES string of the molecule is CNCCOc1ccc(Nc2nccc(-c3oc(C)nc3-c3cccc(NC(=O)c4cc(F)ccc4F)c3)n2)cc1Cl. The number of carbonyl (C=O) groups is 1. The monoisotopic (exact) mass is 590 g/mol. The molecule has 42 heavy (non-hydrogen) atoms. The molecule has 0 aliphatic carbocycles. The number of hydrogen-bond donors (Lipinski definition) is 3. The predicted molar refractivity (Wildman–Crippen MR) is 156 cm³/mol. The molecule has 0 saturated heterocycles. The van der Waals surface area contributed by atoms with Gasteiger partial charge in [0.1, 0.15) is 35.4 Å². The van der Waals surface area contributed by atoms with Crippen LogP contribution in [-0.4, -0.2) is 41.1 Å². The summed E-state index contributed by atoms with van der Waals surface area (Å²) in [5.41, 5.74) is 2.14. The van der Waals surface area contributed by atoms with Gasteiger partial charge in [-0.15, -0.1) is 0 Å². The first-order chi connectivity index (χ1) is 20.3. The summed E-state index contributed by atoms with van der Waals surface area (Å²) in [4.78, 5) is 26.0. The van der Waals surface area contributed by atoms with E-state index in [4.69, 9.17) is 20.8 Å². The van der Waals surface area contributed by atoms with Crippen molar-refractivity contribution in [1.82, 2.24) is 20.3 Å². The fraction of sp³-hybridized carbons (Fsp3) is 0.133. The lowest BCUT2D eigenvalue weighted by atomic mass is 10.1. The van der Waals surface area contributed by atoms with Gasteiger partial charge in [-0.3, -0.25) is 4.79 Å². The maximum absolute atomic E-state index is 14.1. The summed E-state index contributed by atoms with van der Waals surface area (Å²) in [6.45, 7) is 2.87. The zero-order valence-corrected chi connectivity index (χ0v) is 23.3. The van der Waals surface area contributed by atoms with Crippen molar-refractivity contribution in [2.24, 2.45) is 0 Å². The van der Waals surface area contributed by atoms with Gasteiger partial charge in [0.05, 0.1) is 10.6 Å². The van der Waals surface area contributed by atoms with Crippen LogP contribution in [0, 0.1) is 18.6 Å². The van der Waals surface area contributed by atoms with Crippen LogP contribution in [0.2, 0.25) is 5.02 Å². The summed E-state index contributed by atoms with van der Waals surface area (Å²) in [7, 11) is 1.84. The van der Waals surface area contributed by atoms with E-state index in [-0.39, 0.29) is 0 Å². The Labute approximate surface area is 244 Å². The van der Waals surface area contributed by atoms with Crippen LogP contribution in [0.5, 0.6) is 5.75 Å². The molecule has 0 fully saturated rings. The molecule has 3 aromatic carbocycles. The van der Waals surface area contributed by atoms with Crippen LogP contribution in [0.4, 0.5) is 26.1 Å². The van der Waals surface area contributed by atoms with Gasteiger partial charge in [0, 0.05) is 36.6 Å². The number of aromatic nitrogens is 3. The fourth-order valence-corrected chi connectivity index (χ4v) is 4.28. The summed E-state index contributed by atoms with van der Waals surface area (Å²) in [6, 6.07) is 16.4. The van der Waals surface area contributed by atoms with E-state index < -0.39 is 23.1 Å². The van der Waals surface area contributed by atoms with E-state index in [1.807, 2.05) is 7.05 Å². The van der Waals surface area contributed by atoms with E-state index in [0.717, 1.165) is 18.2 Å². The van der Waals surface area contributed by atoms with Crippen LogP contribution in [0.15, 0.2) is 77.3 Å². The Bertz CT molecular complexity index is 1750. The number of carbonyl (C=O) groups excluding carboxylic acids is 1. The van der Waals surface area contributed by atoms with Gasteiger partial charge in [0.25, 0.3) is 5.91 Å². The molecule has 0 radical (unpaired) electrons. The standard InChI is InChI=1S/C30H25ClF2N6O3/c1-17-36-27(18-4-3-5-20(14-18)37-29(40)22-15-19(32)6-8-24(22)33)28(42-17)25-10-11-35-30(39-25)38-21-7-9-26(23(31)16-21)41-13-12-34-2/h3-11,14-16,34H,12-13H2,1-2H3,(H,37,40)(H,35,38,39). The number of amides is 1. The molecular weight excluding hydrogens is 566 g/mol. The maximum Gasteiger partial charge on any atom is 0.258 e. The second-order valence-corrected chi connectivity index (χ2v) is 9.46. The summed E-state index contributed by atoms with van der Waals surface area (Å²) >= 11 is 6.38. The molecule has 5 rings (SSSR count). The maximum atomic E-state index is 14.1. The van der Waals surface area contributed by atoms with Crippen LogP contribution >= 0.6 is 11.6 Å². The highest BCUT2D eigenvalue weighted by Crippen LogP contribution is 2.34. The number of halogens is 3. The third kappa shape index (κ3) is 6.70. The van der Waals surface area contributed by atoms with E-state index in [2.05, 4.69) is 30.9 Å². The minimum atomic E-state index is -0.830. The molecule has 5 aromatic rings. The topological polar surface area (TPSA) is 114 Å². The lowest BCUT2D eigenvalue weighted by Crippen LogP contribution is -2.16. The van der Waals surface area contributed by atoms with Gasteiger partial charge >= 0.3 is 0 Å². The molecule has 9 nitrogen and oxygen atoms in total. The minimum absolute atomic E-state index is 0.297. The molecule has 3 N–H and O–H groups in total. The van der Waals surface area contributed by atoms with Crippen molar-refractivity contribution in [3.8, 4) is 28.5 Å². The lowest BCUT2D eigenvalue weighted by Gasteiger charge is -2.11. The Hall–Kier alpha value is -4.87. The van der Waals surface area contributed by atoms with E-state index in [1.165, 1.54) is 0 Å². The van der Waals surface area contributed by atoms with E-state index in [0.29, 0.717) is 69.8 Å². The molecule has 2 aromatic heterocycles. The second-order valence-electron chi connectivity index (χ2n) is 9.06. The average molecular weight is 591 g/mol. The minimum Gasteiger partial charge on any atom is -0.491 e. The van der Waals surface area contributed by atoms with Gasteiger partial charge in [-0.1, -0.05) is 23.7 Å². The molecular formula is C30H25ClF2N6O3. The normalized spacial score (nSPS) is 10.9. The lowest BCUT2D eigenvalue weighted by molar-refractivity contribution is 0.102. The first kappa shape index (κ1) is 28.7. The van der Waals surface area contributed by atoms with Crippen LogP contribution in [-0.2, 0) is 0 Å². The van der Waals surface area contributed by atoms with Gasteiger partial charge in [-0.05, 0) is 61.6 Å². The molecule has 12 heteroatoms. The molecule has 1 amide bonds. The number of likely N-dealkylation sites (N-methyl/N-ethyl adjacent to an activating group) is 1. The Morgan fingerprint density at radius 3 is 2.69 bits per heavy atom. The number of rotatable bonds is 10. The Kier molecular flexibility index (Phi) is 8.70. The Morgan fingerprint density at radius 1 is 1.02 bits per heavy atom. The van der Waals surface area contributed by atoms with Crippen LogP contribution in [0.1, 0.15) is 16.2 Å². The molecule has 0 unspecified atom stereocenters. The third-order valence-electron chi connectivity index (χ3n) is 5.99. The van der Waals surface area contributed by atoms with Gasteiger partial charge in [0.2, 0.25) is 5.95 Å². The van der Waals surface area contributed by atoms with Gasteiger partial charge < -0.3 is 25.1 Å². The van der Waals surface area contributed by atoms with Crippen molar-refractivity contribution < 1.29 is 22.7 Å². The first-order valence-corrected chi connectivity index (χ1v) is 13.2. The zero-order chi connectivity index (χ0) is 29.6. The summed E-state index contributed by atoms with van der Waals surface area (Å²) in [5, 5.41) is 9.17. The van der Waals surface area contributed by atoms with Crippen molar-refractivity contribution in [3.05, 3.63) is 101 Å². The van der Waals surface area contributed by atoms with Crippen LogP contribution in [0.25, 0.3) is 22.7 Å². The van der Waals surface area contributed by atoms with Crippen LogP contribution in [0.3, 0.4) is 0 Å². The second kappa shape index (κ2) is 12.8. The highest BCUT2D eigenvalue weighted by atomic mass is 35.5. The number of hydrogen-bond acceptors (Lipinski definition) is 8. The molecule has 214 valence electrons. The Balaban J connectivity index is 1.37. The van der Waals surface area contributed by atoms with E-state index >= 15 is 0 Å². The van der Waals surface area contributed by atoms with E-state index in [9.17, 15) is 13.6 Å². The molecule has 0 aliphatic rings. The number of benzene rings is 3. The van der Waals surface area contributed by atoms with Gasteiger partial charge in [-0.2, -0.15) is 0 Å². The average Bonchev–Trinajstić information content (AvgIpc) is 3.37. The quantitative estimate of drug-likeness (QED) is 0.155. The predicted octanol–water partition coefficient (Wildman–Crippen LogP) is 6.63. The van der Waals surface area contributed by atoms with Crippen molar-refractivity contribution in [3.63, 3.8) is 0 Å². The molecule has 0 saturated carbocycles. The highest BCUT2D eigenvalue weighted by Gasteiger charge is 2.19. The number of nitrogens with zero attached hydrogens (tertiary/aromatic N) is 3.